The second-order valence-corrected chi connectivity index (χ2v) is 7.56. The van der Waals surface area contributed by atoms with Crippen LogP contribution in [0, 0.1) is 6.92 Å². The van der Waals surface area contributed by atoms with Crippen LogP contribution >= 0.6 is 27.3 Å². The molecular formula is C12H17BrN2O4S. The van der Waals surface area contributed by atoms with E-state index in [1.165, 1.54) is 11.3 Å². The highest BCUT2D eigenvalue weighted by molar-refractivity contribution is 9.11. The number of rotatable bonds is 4. The maximum atomic E-state index is 11.8. The fourth-order valence-corrected chi connectivity index (χ4v) is 2.80. The highest BCUT2D eigenvalue weighted by Crippen LogP contribution is 2.29. The van der Waals surface area contributed by atoms with Crippen LogP contribution in [0.5, 0.6) is 0 Å². The average Bonchev–Trinajstić information content (AvgIpc) is 2.54. The molecule has 0 saturated heterocycles. The Labute approximate surface area is 129 Å². The van der Waals surface area contributed by atoms with E-state index in [4.69, 9.17) is 9.84 Å². The Bertz CT molecular complexity index is 491. The van der Waals surface area contributed by atoms with Crippen LogP contribution < -0.4 is 5.32 Å². The van der Waals surface area contributed by atoms with Gasteiger partial charge in [0.2, 0.25) is 0 Å². The summed E-state index contributed by atoms with van der Waals surface area (Å²) >= 11 is 4.63. The Morgan fingerprint density at radius 3 is 2.50 bits per heavy atom. The van der Waals surface area contributed by atoms with Crippen LogP contribution in [0.4, 0.5) is 4.79 Å². The number of alkyl carbamates (subject to hydrolysis) is 1. The van der Waals surface area contributed by atoms with E-state index in [1.807, 2.05) is 0 Å². The molecule has 0 spiro atoms. The summed E-state index contributed by atoms with van der Waals surface area (Å²) in [4.78, 5) is 26.9. The van der Waals surface area contributed by atoms with E-state index in [0.717, 1.165) is 9.48 Å². The first-order valence-corrected chi connectivity index (χ1v) is 7.53. The minimum atomic E-state index is -1.02. The third-order valence-corrected chi connectivity index (χ3v) is 4.24. The Kier molecular flexibility index (Phi) is 5.52. The number of carboxylic acid groups (broad SMARTS) is 1. The lowest BCUT2D eigenvalue weighted by molar-refractivity contribution is -0.137. The zero-order chi connectivity index (χ0) is 15.5. The lowest BCUT2D eigenvalue weighted by atomic mass is 10.2. The summed E-state index contributed by atoms with van der Waals surface area (Å²) in [6.07, 6.45) is -0.911. The number of nitrogens with one attached hydrogen (secondary N) is 1. The van der Waals surface area contributed by atoms with Crippen molar-refractivity contribution in [2.75, 3.05) is 0 Å². The number of aliphatic carboxylic acids is 1. The maximum Gasteiger partial charge on any atom is 0.408 e. The highest BCUT2D eigenvalue weighted by Gasteiger charge is 2.25. The van der Waals surface area contributed by atoms with Crippen LogP contribution in [0.2, 0.25) is 0 Å². The number of thiazole rings is 1. The number of amides is 1. The Morgan fingerprint density at radius 1 is 1.50 bits per heavy atom. The molecule has 1 amide bonds. The third-order valence-electron chi connectivity index (χ3n) is 2.12. The van der Waals surface area contributed by atoms with Crippen LogP contribution in [0.15, 0.2) is 3.79 Å². The van der Waals surface area contributed by atoms with Crippen molar-refractivity contribution in [3.05, 3.63) is 14.5 Å². The molecule has 6 nitrogen and oxygen atoms in total. The molecule has 0 fully saturated rings. The Hall–Kier alpha value is -1.15. The summed E-state index contributed by atoms with van der Waals surface area (Å²) in [5, 5.41) is 12.0. The number of nitrogens with zero attached hydrogens (tertiary/aromatic N) is 1. The zero-order valence-electron chi connectivity index (χ0n) is 11.7. The standard InChI is InChI=1S/C12H17BrN2O4S/c1-6-9(13)20-10(14-6)7(5-8(16)17)15-11(18)19-12(2,3)4/h7H,5H2,1-4H3,(H,15,18)(H,16,17)/t7-/m1/s1. The summed E-state index contributed by atoms with van der Waals surface area (Å²) in [5.41, 5.74) is 0.114. The predicted octanol–water partition coefficient (Wildman–Crippen LogP) is 3.25. The van der Waals surface area contributed by atoms with Crippen LogP contribution in [0.25, 0.3) is 0 Å². The summed E-state index contributed by atoms with van der Waals surface area (Å²) in [6, 6.07) is -0.711. The van der Waals surface area contributed by atoms with E-state index in [9.17, 15) is 9.59 Å². The Morgan fingerprint density at radius 2 is 2.10 bits per heavy atom. The number of hydrogen-bond acceptors (Lipinski definition) is 5. The minimum absolute atomic E-state index is 0.251. The molecule has 2 N–H and O–H groups in total. The van der Waals surface area contributed by atoms with Crippen molar-refractivity contribution in [3.8, 4) is 0 Å². The van der Waals surface area contributed by atoms with Gasteiger partial charge in [0.15, 0.2) is 0 Å². The molecule has 0 aliphatic rings. The van der Waals surface area contributed by atoms with Crippen molar-refractivity contribution >= 4 is 39.3 Å². The van der Waals surface area contributed by atoms with Gasteiger partial charge in [-0.25, -0.2) is 9.78 Å². The van der Waals surface area contributed by atoms with Gasteiger partial charge in [0, 0.05) is 0 Å². The summed E-state index contributed by atoms with van der Waals surface area (Å²) in [5.74, 6) is -1.02. The van der Waals surface area contributed by atoms with Crippen LogP contribution in [-0.2, 0) is 9.53 Å². The predicted molar refractivity (Wildman–Crippen MR) is 78.9 cm³/mol. The molecule has 1 atom stereocenters. The van der Waals surface area contributed by atoms with Crippen molar-refractivity contribution in [1.82, 2.24) is 10.3 Å². The van der Waals surface area contributed by atoms with E-state index < -0.39 is 23.7 Å². The molecule has 0 bridgehead atoms. The molecule has 0 aliphatic heterocycles. The summed E-state index contributed by atoms with van der Waals surface area (Å²) < 4.78 is 5.94. The van der Waals surface area contributed by atoms with E-state index in [0.29, 0.717) is 5.01 Å². The summed E-state index contributed by atoms with van der Waals surface area (Å²) in [6.45, 7) is 7.02. The molecule has 1 heterocycles. The lowest BCUT2D eigenvalue weighted by Gasteiger charge is -2.22. The molecular weight excluding hydrogens is 348 g/mol. The van der Waals surface area contributed by atoms with Crippen molar-refractivity contribution in [2.45, 2.75) is 45.8 Å². The van der Waals surface area contributed by atoms with Gasteiger partial charge in [0.25, 0.3) is 0 Å². The van der Waals surface area contributed by atoms with E-state index >= 15 is 0 Å². The second kappa shape index (κ2) is 6.53. The molecule has 1 aromatic rings. The van der Waals surface area contributed by atoms with Gasteiger partial charge in [0.05, 0.1) is 21.9 Å². The van der Waals surface area contributed by atoms with Gasteiger partial charge in [-0.15, -0.1) is 11.3 Å². The third kappa shape index (κ3) is 5.46. The molecule has 0 aliphatic carbocycles. The second-order valence-electron chi connectivity index (χ2n) is 5.21. The van der Waals surface area contributed by atoms with E-state index in [2.05, 4.69) is 26.2 Å². The van der Waals surface area contributed by atoms with Gasteiger partial charge in [-0.3, -0.25) is 4.79 Å². The zero-order valence-corrected chi connectivity index (χ0v) is 14.1. The average molecular weight is 365 g/mol. The highest BCUT2D eigenvalue weighted by atomic mass is 79.9. The molecule has 0 unspecified atom stereocenters. The summed E-state index contributed by atoms with van der Waals surface area (Å²) in [7, 11) is 0. The molecule has 1 rings (SSSR count). The van der Waals surface area contributed by atoms with Gasteiger partial charge in [-0.05, 0) is 43.6 Å². The van der Waals surface area contributed by atoms with Crippen molar-refractivity contribution in [3.63, 3.8) is 0 Å². The number of hydrogen-bond donors (Lipinski definition) is 2. The largest absolute Gasteiger partial charge is 0.481 e. The quantitative estimate of drug-likeness (QED) is 0.855. The van der Waals surface area contributed by atoms with E-state index in [1.54, 1.807) is 27.7 Å². The maximum absolute atomic E-state index is 11.8. The number of halogens is 1. The minimum Gasteiger partial charge on any atom is -0.481 e. The molecule has 0 radical (unpaired) electrons. The fraction of sp³-hybridized carbons (Fsp3) is 0.583. The van der Waals surface area contributed by atoms with Gasteiger partial charge >= 0.3 is 12.1 Å². The van der Waals surface area contributed by atoms with Gasteiger partial charge in [-0.1, -0.05) is 0 Å². The first-order valence-electron chi connectivity index (χ1n) is 5.92. The van der Waals surface area contributed by atoms with Gasteiger partial charge < -0.3 is 15.2 Å². The van der Waals surface area contributed by atoms with Gasteiger partial charge in [0.1, 0.15) is 10.6 Å². The van der Waals surface area contributed by atoms with Crippen LogP contribution in [-0.4, -0.2) is 27.8 Å². The van der Waals surface area contributed by atoms with Crippen molar-refractivity contribution in [1.29, 1.82) is 0 Å². The Balaban J connectivity index is 2.85. The van der Waals surface area contributed by atoms with Gasteiger partial charge in [-0.2, -0.15) is 0 Å². The molecule has 8 heteroatoms. The van der Waals surface area contributed by atoms with Crippen LogP contribution in [0.1, 0.15) is 43.9 Å². The van der Waals surface area contributed by atoms with E-state index in [-0.39, 0.29) is 6.42 Å². The molecule has 112 valence electrons. The molecule has 0 aromatic carbocycles. The topological polar surface area (TPSA) is 88.5 Å². The lowest BCUT2D eigenvalue weighted by Crippen LogP contribution is -2.35. The normalized spacial score (nSPS) is 12.8. The number of carboxylic acids is 1. The monoisotopic (exact) mass is 364 g/mol. The van der Waals surface area contributed by atoms with Crippen molar-refractivity contribution < 1.29 is 19.4 Å². The SMILES string of the molecule is Cc1nc([C@@H](CC(=O)O)NC(=O)OC(C)(C)C)sc1Br. The number of carbonyl (C=O) groups is 2. The number of aromatic nitrogens is 1. The molecule has 20 heavy (non-hydrogen) atoms. The molecule has 1 aromatic heterocycles. The number of carbonyl (C=O) groups excluding carboxylic acids is 1. The number of ether oxygens (including phenoxy) is 1. The fourth-order valence-electron chi connectivity index (χ4n) is 1.37. The number of aryl methyl sites for hydroxylation is 1. The first kappa shape index (κ1) is 16.9. The first-order chi connectivity index (χ1) is 9.08. The molecule has 0 saturated carbocycles. The van der Waals surface area contributed by atoms with Crippen molar-refractivity contribution in [2.24, 2.45) is 0 Å². The van der Waals surface area contributed by atoms with Crippen LogP contribution in [0.3, 0.4) is 0 Å². The smallest absolute Gasteiger partial charge is 0.408 e.